The maximum atomic E-state index is 13.7. The SMILES string of the molecule is COC1CCC(c2ccc(-c3ccc(C)c(F)c3)cc2)CC1. The molecular weight excluding hydrogens is 275 g/mol. The Bertz CT molecular complexity index is 625. The fourth-order valence-corrected chi connectivity index (χ4v) is 3.35. The van der Waals surface area contributed by atoms with E-state index in [9.17, 15) is 4.39 Å². The van der Waals surface area contributed by atoms with Gasteiger partial charge in [-0.1, -0.05) is 36.4 Å². The highest BCUT2D eigenvalue weighted by Crippen LogP contribution is 2.34. The summed E-state index contributed by atoms with van der Waals surface area (Å²) in [5, 5.41) is 0. The Kier molecular flexibility index (Phi) is 4.58. The fraction of sp³-hybridized carbons (Fsp3) is 0.400. The van der Waals surface area contributed by atoms with E-state index in [0.717, 1.165) is 24.0 Å². The van der Waals surface area contributed by atoms with E-state index in [0.29, 0.717) is 17.6 Å². The van der Waals surface area contributed by atoms with Crippen molar-refractivity contribution in [3.8, 4) is 11.1 Å². The Hall–Kier alpha value is -1.67. The Labute approximate surface area is 132 Å². The van der Waals surface area contributed by atoms with Gasteiger partial charge in [0.15, 0.2) is 0 Å². The predicted octanol–water partition coefficient (Wildman–Crippen LogP) is 5.47. The topological polar surface area (TPSA) is 9.23 Å². The summed E-state index contributed by atoms with van der Waals surface area (Å²) in [4.78, 5) is 0. The highest BCUT2D eigenvalue weighted by atomic mass is 19.1. The molecule has 0 aliphatic heterocycles. The molecule has 1 aliphatic carbocycles. The highest BCUT2D eigenvalue weighted by molar-refractivity contribution is 5.64. The third-order valence-electron chi connectivity index (χ3n) is 4.89. The molecule has 0 atom stereocenters. The first-order valence-corrected chi connectivity index (χ1v) is 8.06. The molecule has 0 unspecified atom stereocenters. The average Bonchev–Trinajstić information content (AvgIpc) is 2.58. The first-order chi connectivity index (χ1) is 10.7. The van der Waals surface area contributed by atoms with E-state index >= 15 is 0 Å². The van der Waals surface area contributed by atoms with Crippen LogP contribution in [0.5, 0.6) is 0 Å². The quantitative estimate of drug-likeness (QED) is 0.729. The van der Waals surface area contributed by atoms with Gasteiger partial charge in [0, 0.05) is 7.11 Å². The van der Waals surface area contributed by atoms with Crippen LogP contribution in [0.1, 0.15) is 42.7 Å². The standard InChI is InChI=1S/C20H23FO/c1-14-3-4-18(13-20(14)21)17-7-5-15(6-8-17)16-9-11-19(22-2)12-10-16/h3-8,13,16,19H,9-12H2,1-2H3. The number of methoxy groups -OCH3 is 1. The first-order valence-electron chi connectivity index (χ1n) is 8.06. The Balaban J connectivity index is 1.74. The van der Waals surface area contributed by atoms with Crippen LogP contribution in [0.25, 0.3) is 11.1 Å². The lowest BCUT2D eigenvalue weighted by Gasteiger charge is -2.27. The molecule has 22 heavy (non-hydrogen) atoms. The monoisotopic (exact) mass is 298 g/mol. The van der Waals surface area contributed by atoms with Gasteiger partial charge in [0.25, 0.3) is 0 Å². The molecule has 0 radical (unpaired) electrons. The summed E-state index contributed by atoms with van der Waals surface area (Å²) in [6.45, 7) is 1.79. The molecule has 0 saturated heterocycles. The van der Waals surface area contributed by atoms with E-state index in [2.05, 4.69) is 24.3 Å². The second-order valence-corrected chi connectivity index (χ2v) is 6.30. The molecule has 2 heteroatoms. The zero-order chi connectivity index (χ0) is 15.5. The van der Waals surface area contributed by atoms with Gasteiger partial charge in [0.05, 0.1) is 6.10 Å². The van der Waals surface area contributed by atoms with Crippen LogP contribution in [0.2, 0.25) is 0 Å². The Morgan fingerprint density at radius 1 is 0.909 bits per heavy atom. The third kappa shape index (κ3) is 3.22. The van der Waals surface area contributed by atoms with Gasteiger partial charge in [-0.3, -0.25) is 0 Å². The van der Waals surface area contributed by atoms with Crippen LogP contribution in [0.15, 0.2) is 42.5 Å². The van der Waals surface area contributed by atoms with Crippen molar-refractivity contribution in [3.05, 3.63) is 59.4 Å². The molecular formula is C20H23FO. The van der Waals surface area contributed by atoms with Gasteiger partial charge in [-0.2, -0.15) is 0 Å². The van der Waals surface area contributed by atoms with Crippen LogP contribution in [-0.2, 0) is 4.74 Å². The van der Waals surface area contributed by atoms with Gasteiger partial charge in [-0.25, -0.2) is 4.39 Å². The number of benzene rings is 2. The Morgan fingerprint density at radius 2 is 1.55 bits per heavy atom. The molecule has 0 spiro atoms. The van der Waals surface area contributed by atoms with Crippen molar-refractivity contribution in [2.75, 3.05) is 7.11 Å². The lowest BCUT2D eigenvalue weighted by molar-refractivity contribution is 0.0659. The normalized spacial score (nSPS) is 21.8. The average molecular weight is 298 g/mol. The van der Waals surface area contributed by atoms with E-state index in [1.807, 2.05) is 12.1 Å². The molecule has 0 aromatic heterocycles. The number of aryl methyl sites for hydroxylation is 1. The van der Waals surface area contributed by atoms with Gasteiger partial charge in [0.2, 0.25) is 0 Å². The molecule has 116 valence electrons. The van der Waals surface area contributed by atoms with E-state index in [1.54, 1.807) is 20.1 Å². The summed E-state index contributed by atoms with van der Waals surface area (Å²) in [5.74, 6) is 0.495. The lowest BCUT2D eigenvalue weighted by atomic mass is 9.82. The molecule has 2 aromatic carbocycles. The minimum atomic E-state index is -0.139. The molecule has 0 N–H and O–H groups in total. The zero-order valence-corrected chi connectivity index (χ0v) is 13.3. The number of hydrogen-bond donors (Lipinski definition) is 0. The second-order valence-electron chi connectivity index (χ2n) is 6.30. The number of ether oxygens (including phenoxy) is 1. The second kappa shape index (κ2) is 6.62. The van der Waals surface area contributed by atoms with Gasteiger partial charge in [-0.05, 0) is 66.8 Å². The minimum Gasteiger partial charge on any atom is -0.381 e. The van der Waals surface area contributed by atoms with Crippen LogP contribution >= 0.6 is 0 Å². The molecule has 1 nitrogen and oxygen atoms in total. The summed E-state index contributed by atoms with van der Waals surface area (Å²) >= 11 is 0. The van der Waals surface area contributed by atoms with Crippen LogP contribution < -0.4 is 0 Å². The van der Waals surface area contributed by atoms with E-state index < -0.39 is 0 Å². The van der Waals surface area contributed by atoms with Crippen molar-refractivity contribution in [1.82, 2.24) is 0 Å². The van der Waals surface area contributed by atoms with Crippen LogP contribution in [0, 0.1) is 12.7 Å². The largest absolute Gasteiger partial charge is 0.381 e. The maximum Gasteiger partial charge on any atom is 0.126 e. The van der Waals surface area contributed by atoms with Crippen LogP contribution in [0.4, 0.5) is 4.39 Å². The predicted molar refractivity (Wildman–Crippen MR) is 88.6 cm³/mol. The molecule has 3 rings (SSSR count). The highest BCUT2D eigenvalue weighted by Gasteiger charge is 2.21. The number of halogens is 1. The number of rotatable bonds is 3. The van der Waals surface area contributed by atoms with E-state index in [-0.39, 0.29) is 5.82 Å². The van der Waals surface area contributed by atoms with Crippen molar-refractivity contribution in [2.24, 2.45) is 0 Å². The summed E-state index contributed by atoms with van der Waals surface area (Å²) in [5.41, 5.74) is 4.10. The van der Waals surface area contributed by atoms with Gasteiger partial charge in [-0.15, -0.1) is 0 Å². The van der Waals surface area contributed by atoms with Crippen LogP contribution in [-0.4, -0.2) is 13.2 Å². The molecule has 1 fully saturated rings. The molecule has 0 heterocycles. The van der Waals surface area contributed by atoms with E-state index in [1.165, 1.54) is 18.4 Å². The molecule has 0 amide bonds. The van der Waals surface area contributed by atoms with Gasteiger partial charge >= 0.3 is 0 Å². The fourth-order valence-electron chi connectivity index (χ4n) is 3.35. The van der Waals surface area contributed by atoms with Crippen molar-refractivity contribution >= 4 is 0 Å². The maximum absolute atomic E-state index is 13.7. The molecule has 0 bridgehead atoms. The van der Waals surface area contributed by atoms with Crippen molar-refractivity contribution in [2.45, 2.75) is 44.6 Å². The third-order valence-corrected chi connectivity index (χ3v) is 4.89. The molecule has 2 aromatic rings. The Morgan fingerprint density at radius 3 is 2.14 bits per heavy atom. The summed E-state index contributed by atoms with van der Waals surface area (Å²) in [6.07, 6.45) is 5.11. The zero-order valence-electron chi connectivity index (χ0n) is 13.3. The lowest BCUT2D eigenvalue weighted by Crippen LogP contribution is -2.19. The minimum absolute atomic E-state index is 0.139. The number of hydrogen-bond acceptors (Lipinski definition) is 1. The summed E-state index contributed by atoms with van der Waals surface area (Å²) in [6, 6.07) is 14.1. The first kappa shape index (κ1) is 15.2. The van der Waals surface area contributed by atoms with Gasteiger partial charge in [0.1, 0.15) is 5.82 Å². The molecule has 1 saturated carbocycles. The smallest absolute Gasteiger partial charge is 0.126 e. The summed E-state index contributed by atoms with van der Waals surface area (Å²) < 4.78 is 19.1. The van der Waals surface area contributed by atoms with Gasteiger partial charge < -0.3 is 4.74 Å². The van der Waals surface area contributed by atoms with Crippen LogP contribution in [0.3, 0.4) is 0 Å². The van der Waals surface area contributed by atoms with E-state index in [4.69, 9.17) is 4.74 Å². The van der Waals surface area contributed by atoms with Crippen molar-refractivity contribution in [1.29, 1.82) is 0 Å². The summed E-state index contributed by atoms with van der Waals surface area (Å²) in [7, 11) is 1.81. The van der Waals surface area contributed by atoms with Crippen molar-refractivity contribution in [3.63, 3.8) is 0 Å². The van der Waals surface area contributed by atoms with Crippen molar-refractivity contribution < 1.29 is 9.13 Å². The molecule has 1 aliphatic rings.